The van der Waals surface area contributed by atoms with Crippen molar-refractivity contribution in [3.05, 3.63) is 60.4 Å². The summed E-state index contributed by atoms with van der Waals surface area (Å²) >= 11 is 0. The van der Waals surface area contributed by atoms with Crippen LogP contribution in [0.2, 0.25) is 0 Å². The number of esters is 2. The molecule has 0 aliphatic carbocycles. The number of aromatic nitrogens is 1. The number of piperidine rings is 1. The van der Waals surface area contributed by atoms with Crippen LogP contribution in [0.3, 0.4) is 0 Å². The predicted molar refractivity (Wildman–Crippen MR) is 163 cm³/mol. The van der Waals surface area contributed by atoms with Crippen LogP contribution in [0, 0.1) is 5.41 Å². The van der Waals surface area contributed by atoms with Crippen LogP contribution in [0.15, 0.2) is 49.3 Å². The van der Waals surface area contributed by atoms with Gasteiger partial charge in [0.15, 0.2) is 18.1 Å². The molecular formula is C33H40N2O11. The van der Waals surface area contributed by atoms with Crippen LogP contribution in [0.1, 0.15) is 56.8 Å². The molecule has 2 aromatic rings. The Kier molecular flexibility index (Phi) is 12.7. The molecule has 0 saturated carbocycles. The van der Waals surface area contributed by atoms with Crippen molar-refractivity contribution < 1.29 is 52.8 Å². The molecule has 1 aromatic carbocycles. The molecule has 0 radical (unpaired) electrons. The fraction of sp³-hybridized carbons (Fsp3) is 0.455. The molecule has 13 heteroatoms. The van der Waals surface area contributed by atoms with E-state index in [1.165, 1.54) is 45.4 Å². The number of aliphatic carboxylic acids is 1. The highest BCUT2D eigenvalue weighted by Crippen LogP contribution is 2.32. The van der Waals surface area contributed by atoms with Crippen molar-refractivity contribution in [2.24, 2.45) is 5.41 Å². The van der Waals surface area contributed by atoms with Gasteiger partial charge in [-0.05, 0) is 69.7 Å². The smallest absolute Gasteiger partial charge is 0.341 e. The van der Waals surface area contributed by atoms with Crippen molar-refractivity contribution in [3.8, 4) is 17.2 Å². The lowest BCUT2D eigenvalue weighted by molar-refractivity contribution is -0.165. The van der Waals surface area contributed by atoms with Crippen molar-refractivity contribution in [2.75, 3.05) is 34.0 Å². The van der Waals surface area contributed by atoms with E-state index in [-0.39, 0.29) is 31.7 Å². The van der Waals surface area contributed by atoms with Crippen molar-refractivity contribution in [1.29, 1.82) is 0 Å². The summed E-state index contributed by atoms with van der Waals surface area (Å²) in [6.07, 6.45) is 5.15. The number of ketones is 1. The zero-order valence-corrected chi connectivity index (χ0v) is 26.5. The van der Waals surface area contributed by atoms with E-state index in [4.69, 9.17) is 28.8 Å². The summed E-state index contributed by atoms with van der Waals surface area (Å²) in [6, 6.07) is 5.94. The molecule has 1 fully saturated rings. The van der Waals surface area contributed by atoms with Gasteiger partial charge in [0.05, 0.1) is 25.8 Å². The second-order valence-electron chi connectivity index (χ2n) is 11.3. The van der Waals surface area contributed by atoms with Crippen LogP contribution in [-0.4, -0.2) is 84.6 Å². The molecule has 3 rings (SSSR count). The number of carboxylic acid groups (broad SMARTS) is 1. The largest absolute Gasteiger partial charge is 0.493 e. The van der Waals surface area contributed by atoms with Gasteiger partial charge in [-0.25, -0.2) is 14.4 Å². The lowest BCUT2D eigenvalue weighted by atomic mass is 9.87. The lowest BCUT2D eigenvalue weighted by Gasteiger charge is -2.36. The van der Waals surface area contributed by atoms with E-state index < -0.39 is 53.8 Å². The van der Waals surface area contributed by atoms with Crippen LogP contribution in [-0.2, 0) is 39.9 Å². The minimum absolute atomic E-state index is 0.170. The maximum Gasteiger partial charge on any atom is 0.341 e. The summed E-state index contributed by atoms with van der Waals surface area (Å²) < 4.78 is 27.1. The van der Waals surface area contributed by atoms with Crippen LogP contribution in [0.5, 0.6) is 17.2 Å². The van der Waals surface area contributed by atoms with Gasteiger partial charge in [0, 0.05) is 24.4 Å². The van der Waals surface area contributed by atoms with Crippen LogP contribution in [0.4, 0.5) is 0 Å². The number of hydrogen-bond acceptors (Lipinski definition) is 11. The Labute approximate surface area is 267 Å². The van der Waals surface area contributed by atoms with Crippen LogP contribution < -0.4 is 14.2 Å². The third kappa shape index (κ3) is 9.53. The molecule has 46 heavy (non-hydrogen) atoms. The second kappa shape index (κ2) is 16.4. The number of hydrogen-bond donors (Lipinski definition) is 1. The van der Waals surface area contributed by atoms with Crippen LogP contribution in [0.25, 0.3) is 0 Å². The summed E-state index contributed by atoms with van der Waals surface area (Å²) in [5.74, 6) is -3.00. The molecule has 13 nitrogen and oxygen atoms in total. The zero-order chi connectivity index (χ0) is 33.9. The van der Waals surface area contributed by atoms with Gasteiger partial charge in [-0.15, -0.1) is 0 Å². The molecule has 1 saturated heterocycles. The molecule has 1 amide bonds. The topological polar surface area (TPSA) is 168 Å². The molecule has 2 heterocycles. The van der Waals surface area contributed by atoms with Gasteiger partial charge in [-0.1, -0.05) is 12.6 Å². The minimum atomic E-state index is -1.34. The molecule has 1 unspecified atom stereocenters. The normalized spacial score (nSPS) is 15.2. The first-order chi connectivity index (χ1) is 21.9. The number of carbonyl (C=O) groups is 5. The van der Waals surface area contributed by atoms with Crippen LogP contribution >= 0.6 is 0 Å². The molecule has 1 aliphatic heterocycles. The number of benzene rings is 1. The third-order valence-electron chi connectivity index (χ3n) is 7.46. The fourth-order valence-electron chi connectivity index (χ4n) is 4.90. The van der Waals surface area contributed by atoms with Gasteiger partial charge in [-0.2, -0.15) is 0 Å². The first kappa shape index (κ1) is 35.5. The van der Waals surface area contributed by atoms with Crippen molar-refractivity contribution in [1.82, 2.24) is 9.88 Å². The maximum atomic E-state index is 13.7. The quantitative estimate of drug-likeness (QED) is 0.161. The number of nitrogens with zero attached hydrogens (tertiary/aromatic N) is 2. The maximum absolute atomic E-state index is 13.7. The van der Waals surface area contributed by atoms with E-state index in [9.17, 15) is 24.0 Å². The Morgan fingerprint density at radius 3 is 2.50 bits per heavy atom. The standard InChI is InChI=1S/C33H40N2O11/c1-6-29(38)45-20-33(2,3)30(39)31(40)35-14-8-7-9-24(35)32(41)46-25(22-16-23(18-34-17-22)44-19-28(36)37)12-10-21-11-13-26(42-4)27(15-21)43-5/h6,11,13,15-18,24-25H,1,7-10,12,14,19-20H2,2-5H3,(H,36,37)/t24-,25?/m0/s1. The molecule has 1 N–H and O–H groups in total. The van der Waals surface area contributed by atoms with E-state index in [0.717, 1.165) is 11.6 Å². The van der Waals surface area contributed by atoms with E-state index in [1.807, 2.05) is 12.1 Å². The number of aryl methyl sites for hydroxylation is 1. The SMILES string of the molecule is C=CC(=O)OCC(C)(C)C(=O)C(=O)N1CCCC[C@H]1C(=O)OC(CCc1ccc(OC)c(OC)c1)c1cncc(OCC(=O)O)c1. The molecule has 0 spiro atoms. The van der Waals surface area contributed by atoms with Crippen molar-refractivity contribution >= 4 is 29.6 Å². The number of likely N-dealkylation sites (tertiary alicyclic amines) is 1. The third-order valence-corrected chi connectivity index (χ3v) is 7.46. The number of carboxylic acids is 1. The molecule has 0 bridgehead atoms. The Bertz CT molecular complexity index is 1440. The first-order valence-corrected chi connectivity index (χ1v) is 14.8. The summed E-state index contributed by atoms with van der Waals surface area (Å²) in [5, 5.41) is 9.02. The highest BCUT2D eigenvalue weighted by atomic mass is 16.5. The summed E-state index contributed by atoms with van der Waals surface area (Å²) in [6.45, 7) is 5.54. The number of pyridine rings is 1. The van der Waals surface area contributed by atoms with Crippen molar-refractivity contribution in [2.45, 2.75) is 58.1 Å². The van der Waals surface area contributed by atoms with E-state index in [2.05, 4.69) is 11.6 Å². The number of rotatable bonds is 16. The van der Waals surface area contributed by atoms with Gasteiger partial charge in [0.2, 0.25) is 5.78 Å². The summed E-state index contributed by atoms with van der Waals surface area (Å²) in [5.41, 5.74) is -0.0258. The Morgan fingerprint density at radius 2 is 1.83 bits per heavy atom. The van der Waals surface area contributed by atoms with Gasteiger partial charge in [-0.3, -0.25) is 14.6 Å². The Balaban J connectivity index is 1.85. The number of carbonyl (C=O) groups excluding carboxylic acids is 4. The Morgan fingerprint density at radius 1 is 1.09 bits per heavy atom. The number of amides is 1. The number of Topliss-reactive ketones (excluding diaryl/α,β-unsaturated/α-hetero) is 1. The first-order valence-electron chi connectivity index (χ1n) is 14.8. The van der Waals surface area contributed by atoms with Gasteiger partial charge in [0.1, 0.15) is 24.5 Å². The molecular weight excluding hydrogens is 600 g/mol. The minimum Gasteiger partial charge on any atom is -0.493 e. The monoisotopic (exact) mass is 640 g/mol. The van der Waals surface area contributed by atoms with Gasteiger partial charge < -0.3 is 33.7 Å². The van der Waals surface area contributed by atoms with Crippen molar-refractivity contribution in [3.63, 3.8) is 0 Å². The number of methoxy groups -OCH3 is 2. The highest BCUT2D eigenvalue weighted by Gasteiger charge is 2.42. The van der Waals surface area contributed by atoms with Gasteiger partial charge in [0.25, 0.3) is 5.91 Å². The summed E-state index contributed by atoms with van der Waals surface area (Å²) in [7, 11) is 3.06. The fourth-order valence-corrected chi connectivity index (χ4v) is 4.90. The molecule has 2 atom stereocenters. The predicted octanol–water partition coefficient (Wildman–Crippen LogP) is 3.48. The molecule has 248 valence electrons. The van der Waals surface area contributed by atoms with Gasteiger partial charge >= 0.3 is 17.9 Å². The molecule has 1 aliphatic rings. The van der Waals surface area contributed by atoms with E-state index in [1.54, 1.807) is 12.1 Å². The highest BCUT2D eigenvalue weighted by molar-refractivity contribution is 6.38. The average molecular weight is 641 g/mol. The van der Waals surface area contributed by atoms with E-state index in [0.29, 0.717) is 36.3 Å². The number of ether oxygens (including phenoxy) is 5. The Hall–Kier alpha value is -4.94. The van der Waals surface area contributed by atoms with E-state index >= 15 is 0 Å². The lowest BCUT2D eigenvalue weighted by Crippen LogP contribution is -2.53. The average Bonchev–Trinajstić information content (AvgIpc) is 3.07. The zero-order valence-electron chi connectivity index (χ0n) is 26.5. The summed E-state index contributed by atoms with van der Waals surface area (Å²) in [4.78, 5) is 68.4. The second-order valence-corrected chi connectivity index (χ2v) is 11.3. The molecule has 1 aromatic heterocycles.